The third-order valence-electron chi connectivity index (χ3n) is 1.86. The number of anilines is 1. The van der Waals surface area contributed by atoms with Gasteiger partial charge in [0.15, 0.2) is 5.78 Å². The molecule has 1 aromatic carbocycles. The van der Waals surface area contributed by atoms with Crippen molar-refractivity contribution in [3.63, 3.8) is 0 Å². The second kappa shape index (κ2) is 3.73. The monoisotopic (exact) mass is 237 g/mol. The van der Waals surface area contributed by atoms with Crippen LogP contribution in [0.2, 0.25) is 5.02 Å². The number of rotatable bonds is 1. The Morgan fingerprint density at radius 1 is 1.40 bits per heavy atom. The summed E-state index contributed by atoms with van der Waals surface area (Å²) in [5.41, 5.74) is 2.96. The van der Waals surface area contributed by atoms with Crippen LogP contribution in [0.1, 0.15) is 22.8 Å². The van der Waals surface area contributed by atoms with Crippen LogP contribution in [0.4, 0.5) is 18.9 Å². The Bertz CT molecular complexity index is 415. The summed E-state index contributed by atoms with van der Waals surface area (Å²) in [6, 6.07) is 2.19. The van der Waals surface area contributed by atoms with Gasteiger partial charge in [-0.25, -0.2) is 0 Å². The molecule has 0 heterocycles. The van der Waals surface area contributed by atoms with E-state index in [-0.39, 0.29) is 5.02 Å². The standard InChI is InChI=1S/C9H7ClF3NO/c1-4(15)5-2-3-6(10)8(14)7(5)9(11,12)13/h2-3H,14H2,1H3. The number of halogens is 4. The maximum atomic E-state index is 12.6. The summed E-state index contributed by atoms with van der Waals surface area (Å²) >= 11 is 5.46. The lowest BCUT2D eigenvalue weighted by Gasteiger charge is -2.14. The fourth-order valence-electron chi connectivity index (χ4n) is 1.19. The second-order valence-corrected chi connectivity index (χ2v) is 3.34. The van der Waals surface area contributed by atoms with Gasteiger partial charge in [0, 0.05) is 5.56 Å². The highest BCUT2D eigenvalue weighted by atomic mass is 35.5. The van der Waals surface area contributed by atoms with Crippen molar-refractivity contribution in [1.29, 1.82) is 0 Å². The molecule has 0 fully saturated rings. The van der Waals surface area contributed by atoms with Crippen LogP contribution in [0.25, 0.3) is 0 Å². The number of carbonyl (C=O) groups excluding carboxylic acids is 1. The van der Waals surface area contributed by atoms with E-state index in [0.29, 0.717) is 0 Å². The molecule has 15 heavy (non-hydrogen) atoms. The van der Waals surface area contributed by atoms with Crippen molar-refractivity contribution in [3.05, 3.63) is 28.3 Å². The minimum absolute atomic E-state index is 0.215. The van der Waals surface area contributed by atoms with Gasteiger partial charge in [-0.3, -0.25) is 4.79 Å². The first-order valence-corrected chi connectivity index (χ1v) is 4.29. The normalized spacial score (nSPS) is 11.5. The smallest absolute Gasteiger partial charge is 0.397 e. The molecule has 0 aliphatic carbocycles. The Kier molecular flexibility index (Phi) is 2.95. The van der Waals surface area contributed by atoms with Gasteiger partial charge in [0.2, 0.25) is 0 Å². The maximum absolute atomic E-state index is 12.6. The molecule has 0 spiro atoms. The summed E-state index contributed by atoms with van der Waals surface area (Å²) in [4.78, 5) is 11.0. The molecule has 2 nitrogen and oxygen atoms in total. The fraction of sp³-hybridized carbons (Fsp3) is 0.222. The number of carbonyl (C=O) groups is 1. The minimum atomic E-state index is -4.68. The number of benzene rings is 1. The van der Waals surface area contributed by atoms with Gasteiger partial charge in [-0.05, 0) is 19.1 Å². The van der Waals surface area contributed by atoms with Gasteiger partial charge >= 0.3 is 6.18 Å². The van der Waals surface area contributed by atoms with Crippen LogP contribution in [0.3, 0.4) is 0 Å². The number of nitrogen functional groups attached to an aromatic ring is 1. The molecule has 0 aliphatic rings. The van der Waals surface area contributed by atoms with E-state index >= 15 is 0 Å². The molecule has 1 rings (SSSR count). The van der Waals surface area contributed by atoms with Crippen molar-refractivity contribution < 1.29 is 18.0 Å². The first-order chi connectivity index (χ1) is 6.75. The molecular formula is C9H7ClF3NO. The quantitative estimate of drug-likeness (QED) is 0.602. The Hall–Kier alpha value is -1.23. The predicted octanol–water partition coefficient (Wildman–Crippen LogP) is 3.14. The van der Waals surface area contributed by atoms with Crippen molar-refractivity contribution in [3.8, 4) is 0 Å². The molecule has 0 saturated heterocycles. The highest BCUT2D eigenvalue weighted by Gasteiger charge is 2.37. The van der Waals surface area contributed by atoms with Crippen LogP contribution >= 0.6 is 11.6 Å². The molecule has 0 saturated carbocycles. The summed E-state index contributed by atoms with van der Waals surface area (Å²) in [6.45, 7) is 1.04. The molecule has 0 amide bonds. The van der Waals surface area contributed by atoms with Gasteiger partial charge in [0.1, 0.15) is 0 Å². The summed E-state index contributed by atoms with van der Waals surface area (Å²) < 4.78 is 37.7. The third-order valence-corrected chi connectivity index (χ3v) is 2.18. The number of hydrogen-bond donors (Lipinski definition) is 1. The zero-order chi connectivity index (χ0) is 11.8. The molecule has 2 N–H and O–H groups in total. The first-order valence-electron chi connectivity index (χ1n) is 3.91. The summed E-state index contributed by atoms with van der Waals surface area (Å²) in [5, 5.41) is -0.215. The highest BCUT2D eigenvalue weighted by Crippen LogP contribution is 2.39. The molecule has 0 radical (unpaired) electrons. The molecule has 1 aromatic rings. The zero-order valence-electron chi connectivity index (χ0n) is 7.65. The van der Waals surface area contributed by atoms with E-state index in [0.717, 1.165) is 13.0 Å². The largest absolute Gasteiger partial charge is 0.419 e. The Labute approximate surface area is 88.8 Å². The van der Waals surface area contributed by atoms with Crippen molar-refractivity contribution in [2.24, 2.45) is 0 Å². The van der Waals surface area contributed by atoms with Gasteiger partial charge < -0.3 is 5.73 Å². The van der Waals surface area contributed by atoms with Crippen LogP contribution in [-0.2, 0) is 6.18 Å². The number of ketones is 1. The van der Waals surface area contributed by atoms with E-state index in [1.807, 2.05) is 0 Å². The maximum Gasteiger partial charge on any atom is 0.419 e. The number of hydrogen-bond acceptors (Lipinski definition) is 2. The highest BCUT2D eigenvalue weighted by molar-refractivity contribution is 6.33. The third kappa shape index (κ3) is 2.23. The topological polar surface area (TPSA) is 43.1 Å². The number of nitrogens with two attached hydrogens (primary N) is 1. The SMILES string of the molecule is CC(=O)c1ccc(Cl)c(N)c1C(F)(F)F. The van der Waals surface area contributed by atoms with Crippen LogP contribution in [0.15, 0.2) is 12.1 Å². The Morgan fingerprint density at radius 2 is 1.93 bits per heavy atom. The van der Waals surface area contributed by atoms with E-state index in [2.05, 4.69) is 0 Å². The van der Waals surface area contributed by atoms with Gasteiger partial charge in [0.25, 0.3) is 0 Å². The van der Waals surface area contributed by atoms with Gasteiger partial charge in [-0.2, -0.15) is 13.2 Å². The molecule has 82 valence electrons. The first kappa shape index (κ1) is 11.8. The summed E-state index contributed by atoms with van der Waals surface area (Å²) in [6.07, 6.45) is -4.68. The van der Waals surface area contributed by atoms with Crippen LogP contribution in [0.5, 0.6) is 0 Å². The minimum Gasteiger partial charge on any atom is -0.397 e. The molecule has 0 aliphatic heterocycles. The predicted molar refractivity (Wildman–Crippen MR) is 50.9 cm³/mol. The van der Waals surface area contributed by atoms with Crippen molar-refractivity contribution >= 4 is 23.1 Å². The van der Waals surface area contributed by atoms with Gasteiger partial charge in [0.05, 0.1) is 16.3 Å². The van der Waals surface area contributed by atoms with Crippen molar-refractivity contribution in [1.82, 2.24) is 0 Å². The van der Waals surface area contributed by atoms with E-state index in [1.165, 1.54) is 6.07 Å². The Balaban J connectivity index is 3.57. The summed E-state index contributed by atoms with van der Waals surface area (Å²) in [5.74, 6) is -0.703. The summed E-state index contributed by atoms with van der Waals surface area (Å²) in [7, 11) is 0. The number of alkyl halides is 3. The van der Waals surface area contributed by atoms with Crippen LogP contribution < -0.4 is 5.73 Å². The zero-order valence-corrected chi connectivity index (χ0v) is 8.41. The van der Waals surface area contributed by atoms with Crippen LogP contribution in [0, 0.1) is 0 Å². The number of Topliss-reactive ketones (excluding diaryl/α,β-unsaturated/α-hetero) is 1. The van der Waals surface area contributed by atoms with E-state index < -0.39 is 28.8 Å². The van der Waals surface area contributed by atoms with Crippen molar-refractivity contribution in [2.45, 2.75) is 13.1 Å². The van der Waals surface area contributed by atoms with Crippen LogP contribution in [-0.4, -0.2) is 5.78 Å². The van der Waals surface area contributed by atoms with E-state index in [9.17, 15) is 18.0 Å². The molecule has 6 heteroatoms. The van der Waals surface area contributed by atoms with E-state index in [4.69, 9.17) is 17.3 Å². The molecule has 0 atom stereocenters. The van der Waals surface area contributed by atoms with E-state index in [1.54, 1.807) is 0 Å². The average Bonchev–Trinajstić information content (AvgIpc) is 2.06. The lowest BCUT2D eigenvalue weighted by molar-refractivity contribution is -0.137. The lowest BCUT2D eigenvalue weighted by Crippen LogP contribution is -2.15. The molecular weight excluding hydrogens is 231 g/mol. The average molecular weight is 238 g/mol. The molecule has 0 unspecified atom stereocenters. The molecule has 0 bridgehead atoms. The second-order valence-electron chi connectivity index (χ2n) is 2.94. The lowest BCUT2D eigenvalue weighted by atomic mass is 10.0. The molecule has 0 aromatic heterocycles. The van der Waals surface area contributed by atoms with Gasteiger partial charge in [-0.1, -0.05) is 11.6 Å². The van der Waals surface area contributed by atoms with Gasteiger partial charge in [-0.15, -0.1) is 0 Å². The Morgan fingerprint density at radius 3 is 2.33 bits per heavy atom. The fourth-order valence-corrected chi connectivity index (χ4v) is 1.35. The van der Waals surface area contributed by atoms with Crippen molar-refractivity contribution in [2.75, 3.05) is 5.73 Å².